The molecule has 0 unspecified atom stereocenters. The Labute approximate surface area is 129 Å². The summed E-state index contributed by atoms with van der Waals surface area (Å²) in [6.07, 6.45) is 3.36. The molecule has 0 amide bonds. The van der Waals surface area contributed by atoms with Crippen molar-refractivity contribution in [1.82, 2.24) is 24.6 Å². The number of ether oxygens (including phenoxy) is 1. The highest BCUT2D eigenvalue weighted by atomic mass is 16.5. The fourth-order valence-electron chi connectivity index (χ4n) is 2.79. The van der Waals surface area contributed by atoms with Gasteiger partial charge in [-0.25, -0.2) is 14.6 Å². The number of hydrogen-bond acceptors (Lipinski definition) is 7. The highest BCUT2D eigenvalue weighted by Gasteiger charge is 2.20. The third-order valence-electron chi connectivity index (χ3n) is 4.01. The number of aliphatic hydroxyl groups excluding tert-OH is 1. The molecule has 0 radical (unpaired) electrons. The Hall–Kier alpha value is -1.77. The fraction of sp³-hybridized carbons (Fsp3) is 0.643. The zero-order chi connectivity index (χ0) is 15.4. The summed E-state index contributed by atoms with van der Waals surface area (Å²) in [5.74, 6) is 0.931. The Kier molecular flexibility index (Phi) is 4.81. The van der Waals surface area contributed by atoms with Crippen LogP contribution in [0.5, 0.6) is 0 Å². The Balaban J connectivity index is 1.74. The molecule has 22 heavy (non-hydrogen) atoms. The van der Waals surface area contributed by atoms with Crippen molar-refractivity contribution in [3.8, 4) is 0 Å². The molecule has 8 heteroatoms. The first kappa shape index (κ1) is 15.1. The van der Waals surface area contributed by atoms with E-state index in [-0.39, 0.29) is 6.61 Å². The maximum Gasteiger partial charge on any atom is 0.163 e. The summed E-state index contributed by atoms with van der Waals surface area (Å²) in [5, 5.41) is 14.3. The molecule has 0 bridgehead atoms. The van der Waals surface area contributed by atoms with E-state index in [9.17, 15) is 0 Å². The van der Waals surface area contributed by atoms with Crippen molar-refractivity contribution in [1.29, 1.82) is 0 Å². The van der Waals surface area contributed by atoms with Gasteiger partial charge in [-0.15, -0.1) is 0 Å². The number of aromatic nitrogens is 4. The SMILES string of the molecule is COCCN1CCN(c2ncnc3c2cnn3CCO)CC1. The first-order chi connectivity index (χ1) is 10.8. The largest absolute Gasteiger partial charge is 0.394 e. The number of aliphatic hydroxyl groups is 1. The van der Waals surface area contributed by atoms with E-state index in [1.807, 2.05) is 0 Å². The predicted molar refractivity (Wildman–Crippen MR) is 82.9 cm³/mol. The van der Waals surface area contributed by atoms with Crippen molar-refractivity contribution in [2.24, 2.45) is 0 Å². The van der Waals surface area contributed by atoms with Crippen molar-refractivity contribution in [2.75, 3.05) is 57.9 Å². The van der Waals surface area contributed by atoms with Gasteiger partial charge < -0.3 is 14.7 Å². The van der Waals surface area contributed by atoms with Crippen LogP contribution in [0.2, 0.25) is 0 Å². The van der Waals surface area contributed by atoms with Crippen LogP contribution in [0.15, 0.2) is 12.5 Å². The molecular formula is C14H22N6O2. The van der Waals surface area contributed by atoms with Crippen molar-refractivity contribution >= 4 is 16.9 Å². The Bertz CT molecular complexity index is 608. The zero-order valence-corrected chi connectivity index (χ0v) is 12.9. The van der Waals surface area contributed by atoms with Crippen LogP contribution in [-0.2, 0) is 11.3 Å². The van der Waals surface area contributed by atoms with E-state index in [1.54, 1.807) is 24.3 Å². The van der Waals surface area contributed by atoms with Crippen LogP contribution in [0, 0.1) is 0 Å². The maximum atomic E-state index is 9.09. The molecule has 1 aliphatic heterocycles. The number of piperazine rings is 1. The number of fused-ring (bicyclic) bond motifs is 1. The van der Waals surface area contributed by atoms with Gasteiger partial charge in [0, 0.05) is 39.8 Å². The second kappa shape index (κ2) is 6.99. The summed E-state index contributed by atoms with van der Waals surface area (Å²) in [6, 6.07) is 0. The molecule has 0 atom stereocenters. The molecule has 1 aliphatic rings. The molecule has 1 N–H and O–H groups in total. The predicted octanol–water partition coefficient (Wildman–Crippen LogP) is -0.413. The Morgan fingerprint density at radius 3 is 2.73 bits per heavy atom. The van der Waals surface area contributed by atoms with Gasteiger partial charge in [0.15, 0.2) is 5.65 Å². The van der Waals surface area contributed by atoms with Crippen LogP contribution >= 0.6 is 0 Å². The van der Waals surface area contributed by atoms with Crippen molar-refractivity contribution in [3.63, 3.8) is 0 Å². The molecule has 0 aliphatic carbocycles. The van der Waals surface area contributed by atoms with Crippen LogP contribution in [0.3, 0.4) is 0 Å². The van der Waals surface area contributed by atoms with Crippen LogP contribution in [0.1, 0.15) is 0 Å². The summed E-state index contributed by atoms with van der Waals surface area (Å²) in [5.41, 5.74) is 0.779. The number of methoxy groups -OCH3 is 1. The van der Waals surface area contributed by atoms with E-state index in [0.29, 0.717) is 6.54 Å². The van der Waals surface area contributed by atoms with Crippen LogP contribution in [0.4, 0.5) is 5.82 Å². The van der Waals surface area contributed by atoms with Gasteiger partial charge in [-0.1, -0.05) is 0 Å². The summed E-state index contributed by atoms with van der Waals surface area (Å²) in [6.45, 7) is 6.10. The van der Waals surface area contributed by atoms with Gasteiger partial charge in [0.25, 0.3) is 0 Å². The lowest BCUT2D eigenvalue weighted by Gasteiger charge is -2.35. The molecule has 1 fully saturated rings. The van der Waals surface area contributed by atoms with Crippen LogP contribution < -0.4 is 4.90 Å². The minimum atomic E-state index is 0.0499. The minimum Gasteiger partial charge on any atom is -0.394 e. The smallest absolute Gasteiger partial charge is 0.163 e. The van der Waals surface area contributed by atoms with Gasteiger partial charge >= 0.3 is 0 Å². The fourth-order valence-corrected chi connectivity index (χ4v) is 2.79. The van der Waals surface area contributed by atoms with Gasteiger partial charge in [-0.3, -0.25) is 4.90 Å². The third kappa shape index (κ3) is 3.03. The van der Waals surface area contributed by atoms with E-state index in [1.165, 1.54) is 0 Å². The van der Waals surface area contributed by atoms with E-state index in [4.69, 9.17) is 9.84 Å². The van der Waals surface area contributed by atoms with Gasteiger partial charge in [0.05, 0.1) is 31.3 Å². The Morgan fingerprint density at radius 1 is 1.18 bits per heavy atom. The number of nitrogens with zero attached hydrogens (tertiary/aromatic N) is 6. The van der Waals surface area contributed by atoms with Crippen LogP contribution in [0.25, 0.3) is 11.0 Å². The highest BCUT2D eigenvalue weighted by molar-refractivity contribution is 5.86. The molecule has 1 saturated heterocycles. The second-order valence-corrected chi connectivity index (χ2v) is 5.35. The zero-order valence-electron chi connectivity index (χ0n) is 12.9. The molecule has 0 saturated carbocycles. The summed E-state index contributed by atoms with van der Waals surface area (Å²) >= 11 is 0. The second-order valence-electron chi connectivity index (χ2n) is 5.35. The quantitative estimate of drug-likeness (QED) is 0.777. The van der Waals surface area contributed by atoms with Gasteiger partial charge in [0.2, 0.25) is 0 Å². The average Bonchev–Trinajstić information content (AvgIpc) is 2.97. The van der Waals surface area contributed by atoms with E-state index >= 15 is 0 Å². The molecule has 3 rings (SSSR count). The van der Waals surface area contributed by atoms with E-state index in [0.717, 1.165) is 56.2 Å². The first-order valence-corrected chi connectivity index (χ1v) is 7.57. The lowest BCUT2D eigenvalue weighted by molar-refractivity contribution is 0.144. The topological polar surface area (TPSA) is 79.5 Å². The molecular weight excluding hydrogens is 284 g/mol. The van der Waals surface area contributed by atoms with E-state index < -0.39 is 0 Å². The number of rotatable bonds is 6. The molecule has 0 spiro atoms. The average molecular weight is 306 g/mol. The van der Waals surface area contributed by atoms with Crippen molar-refractivity contribution < 1.29 is 9.84 Å². The lowest BCUT2D eigenvalue weighted by atomic mass is 10.3. The normalized spacial score (nSPS) is 16.5. The monoisotopic (exact) mass is 306 g/mol. The van der Waals surface area contributed by atoms with E-state index in [2.05, 4.69) is 24.9 Å². The summed E-state index contributed by atoms with van der Waals surface area (Å²) < 4.78 is 6.85. The van der Waals surface area contributed by atoms with Gasteiger partial charge in [0.1, 0.15) is 12.1 Å². The molecule has 3 heterocycles. The van der Waals surface area contributed by atoms with Gasteiger partial charge in [-0.05, 0) is 0 Å². The van der Waals surface area contributed by atoms with Crippen molar-refractivity contribution in [2.45, 2.75) is 6.54 Å². The molecule has 2 aromatic rings. The molecule has 120 valence electrons. The van der Waals surface area contributed by atoms with Gasteiger partial charge in [-0.2, -0.15) is 5.10 Å². The Morgan fingerprint density at radius 2 is 2.00 bits per heavy atom. The highest BCUT2D eigenvalue weighted by Crippen LogP contribution is 2.23. The first-order valence-electron chi connectivity index (χ1n) is 7.57. The lowest BCUT2D eigenvalue weighted by Crippen LogP contribution is -2.47. The maximum absolute atomic E-state index is 9.09. The molecule has 2 aromatic heterocycles. The number of anilines is 1. The minimum absolute atomic E-state index is 0.0499. The standard InChI is InChI=1S/C14H22N6O2/c1-22-9-7-18-2-4-19(5-3-18)13-12-10-17-20(6-8-21)14(12)16-11-15-13/h10-11,21H,2-9H2,1H3. The van der Waals surface area contributed by atoms with Crippen molar-refractivity contribution in [3.05, 3.63) is 12.5 Å². The molecule has 0 aromatic carbocycles. The third-order valence-corrected chi connectivity index (χ3v) is 4.01. The molecule has 8 nitrogen and oxygen atoms in total. The number of hydrogen-bond donors (Lipinski definition) is 1. The van der Waals surface area contributed by atoms with Crippen LogP contribution in [-0.4, -0.2) is 82.8 Å². The summed E-state index contributed by atoms with van der Waals surface area (Å²) in [4.78, 5) is 13.4. The summed E-state index contributed by atoms with van der Waals surface area (Å²) in [7, 11) is 1.73.